The molecule has 4 rings (SSSR count). The quantitative estimate of drug-likeness (QED) is 0.635. The predicted molar refractivity (Wildman–Crippen MR) is 110 cm³/mol. The number of likely N-dealkylation sites (N-methyl/N-ethyl adjacent to an activating group) is 1. The fraction of sp³-hybridized carbons (Fsp3) is 0.227. The summed E-state index contributed by atoms with van der Waals surface area (Å²) in [5.41, 5.74) is 5.78. The number of carbonyl (C=O) groups is 2. The van der Waals surface area contributed by atoms with Crippen molar-refractivity contribution in [2.45, 2.75) is 12.0 Å². The molecule has 1 aliphatic rings. The second-order valence-corrected chi connectivity index (χ2v) is 7.12. The molecule has 0 radical (unpaired) electrons. The van der Waals surface area contributed by atoms with Crippen LogP contribution in [0.2, 0.25) is 0 Å². The molecule has 1 atom stereocenters. The highest BCUT2D eigenvalue weighted by molar-refractivity contribution is 6.06. The molecule has 1 fully saturated rings. The van der Waals surface area contributed by atoms with Crippen LogP contribution in [0.15, 0.2) is 42.5 Å². The Morgan fingerprint density at radius 2 is 2.07 bits per heavy atom. The van der Waals surface area contributed by atoms with Gasteiger partial charge in [0, 0.05) is 31.0 Å². The molecule has 1 saturated heterocycles. The highest BCUT2D eigenvalue weighted by atomic mass is 16.5. The van der Waals surface area contributed by atoms with Gasteiger partial charge in [0.05, 0.1) is 12.8 Å². The Kier molecular flexibility index (Phi) is 4.68. The van der Waals surface area contributed by atoms with Crippen molar-refractivity contribution in [1.82, 2.24) is 14.7 Å². The topological polar surface area (TPSA) is 111 Å². The number of aliphatic hydroxyl groups is 1. The minimum Gasteiger partial charge on any atom is -0.494 e. The van der Waals surface area contributed by atoms with Crippen LogP contribution in [0.4, 0.5) is 0 Å². The first-order valence-corrected chi connectivity index (χ1v) is 9.31. The van der Waals surface area contributed by atoms with Crippen molar-refractivity contribution in [3.05, 3.63) is 53.7 Å². The fourth-order valence-corrected chi connectivity index (χ4v) is 3.53. The van der Waals surface area contributed by atoms with Crippen LogP contribution in [0.25, 0.3) is 16.6 Å². The summed E-state index contributed by atoms with van der Waals surface area (Å²) in [6.07, 6.45) is 0.262. The number of hydrogen-bond donors (Lipinski definition) is 2. The summed E-state index contributed by atoms with van der Waals surface area (Å²) in [4.78, 5) is 25.5. The van der Waals surface area contributed by atoms with E-state index in [9.17, 15) is 14.7 Å². The molecule has 0 spiro atoms. The molecule has 1 aliphatic heterocycles. The van der Waals surface area contributed by atoms with Crippen LogP contribution >= 0.6 is 0 Å². The smallest absolute Gasteiger partial charge is 0.269 e. The molecule has 0 aliphatic carbocycles. The summed E-state index contributed by atoms with van der Waals surface area (Å²) in [5.74, 6) is 5.08. The number of carbonyl (C=O) groups excluding carboxylic acids is 2. The number of hydrogen-bond acceptors (Lipinski definition) is 5. The van der Waals surface area contributed by atoms with E-state index in [0.29, 0.717) is 34.4 Å². The molecule has 3 aromatic rings. The van der Waals surface area contributed by atoms with E-state index in [1.165, 1.54) is 12.0 Å². The number of nitrogens with zero attached hydrogens (tertiary/aromatic N) is 3. The minimum absolute atomic E-state index is 0.134. The van der Waals surface area contributed by atoms with Crippen molar-refractivity contribution in [2.24, 2.45) is 5.73 Å². The average molecular weight is 404 g/mol. The highest BCUT2D eigenvalue weighted by Crippen LogP contribution is 2.30. The maximum Gasteiger partial charge on any atom is 0.269 e. The van der Waals surface area contributed by atoms with Crippen LogP contribution < -0.4 is 10.5 Å². The zero-order valence-corrected chi connectivity index (χ0v) is 16.5. The first kappa shape index (κ1) is 19.5. The van der Waals surface area contributed by atoms with Gasteiger partial charge in [-0.1, -0.05) is 30.0 Å². The normalized spacial score (nSPS) is 18.4. The van der Waals surface area contributed by atoms with E-state index in [4.69, 9.17) is 10.5 Å². The largest absolute Gasteiger partial charge is 0.494 e. The maximum absolute atomic E-state index is 12.1. The molecular formula is C22H20N4O4. The Labute approximate surface area is 172 Å². The second kappa shape index (κ2) is 7.21. The minimum atomic E-state index is -1.68. The molecule has 2 heterocycles. The van der Waals surface area contributed by atoms with Crippen molar-refractivity contribution in [3.63, 3.8) is 0 Å². The number of aromatic nitrogens is 2. The van der Waals surface area contributed by atoms with Crippen LogP contribution in [0.1, 0.15) is 22.5 Å². The van der Waals surface area contributed by atoms with Gasteiger partial charge in [-0.2, -0.15) is 5.10 Å². The number of amides is 2. The van der Waals surface area contributed by atoms with Gasteiger partial charge in [0.2, 0.25) is 5.60 Å². The third-order valence-electron chi connectivity index (χ3n) is 5.13. The molecule has 2 amide bonds. The molecule has 1 aromatic heterocycles. The Balaban J connectivity index is 1.81. The van der Waals surface area contributed by atoms with Gasteiger partial charge in [-0.15, -0.1) is 0 Å². The summed E-state index contributed by atoms with van der Waals surface area (Å²) in [5, 5.41) is 15.5. The van der Waals surface area contributed by atoms with Crippen LogP contribution in [0.5, 0.6) is 5.75 Å². The molecule has 8 heteroatoms. The first-order chi connectivity index (χ1) is 14.3. The van der Waals surface area contributed by atoms with Gasteiger partial charge in [-0.05, 0) is 24.3 Å². The van der Waals surface area contributed by atoms with Gasteiger partial charge in [-0.25, -0.2) is 4.68 Å². The van der Waals surface area contributed by atoms with E-state index < -0.39 is 17.4 Å². The predicted octanol–water partition coefficient (Wildman–Crippen LogP) is 1.08. The lowest BCUT2D eigenvalue weighted by Gasteiger charge is -2.13. The zero-order chi connectivity index (χ0) is 21.5. The van der Waals surface area contributed by atoms with Crippen molar-refractivity contribution >= 4 is 22.7 Å². The SMILES string of the molecule is COc1cccc2c(C(N)=O)nn(-c3cccc(C#C[C@]4(O)CCN(C)C4=O)c3)c12. The van der Waals surface area contributed by atoms with Gasteiger partial charge < -0.3 is 20.5 Å². The van der Waals surface area contributed by atoms with Crippen molar-refractivity contribution in [1.29, 1.82) is 0 Å². The Hall–Kier alpha value is -3.83. The number of rotatable bonds is 3. The number of methoxy groups -OCH3 is 1. The van der Waals surface area contributed by atoms with Crippen LogP contribution in [-0.4, -0.2) is 57.9 Å². The van der Waals surface area contributed by atoms with Crippen LogP contribution in [0.3, 0.4) is 0 Å². The highest BCUT2D eigenvalue weighted by Gasteiger charge is 2.42. The molecule has 2 aromatic carbocycles. The summed E-state index contributed by atoms with van der Waals surface area (Å²) in [7, 11) is 3.17. The number of ether oxygens (including phenoxy) is 1. The average Bonchev–Trinajstić information content (AvgIpc) is 3.27. The van der Waals surface area contributed by atoms with E-state index in [1.54, 1.807) is 54.2 Å². The number of para-hydroxylation sites is 1. The third-order valence-corrected chi connectivity index (χ3v) is 5.13. The second-order valence-electron chi connectivity index (χ2n) is 7.12. The number of likely N-dealkylation sites (tertiary alicyclic amines) is 1. The molecule has 152 valence electrons. The molecule has 0 unspecified atom stereocenters. The van der Waals surface area contributed by atoms with Gasteiger partial charge >= 0.3 is 0 Å². The third kappa shape index (κ3) is 3.15. The zero-order valence-electron chi connectivity index (χ0n) is 16.5. The van der Waals surface area contributed by atoms with Gasteiger partial charge in [0.25, 0.3) is 11.8 Å². The van der Waals surface area contributed by atoms with Gasteiger partial charge in [-0.3, -0.25) is 9.59 Å². The number of fused-ring (bicyclic) bond motifs is 1. The van der Waals surface area contributed by atoms with Crippen LogP contribution in [0, 0.1) is 11.8 Å². The molecule has 0 bridgehead atoms. The van der Waals surface area contributed by atoms with Crippen molar-refractivity contribution in [2.75, 3.05) is 20.7 Å². The Morgan fingerprint density at radius 1 is 1.30 bits per heavy atom. The molecule has 3 N–H and O–H groups in total. The van der Waals surface area contributed by atoms with E-state index in [0.717, 1.165) is 0 Å². The summed E-state index contributed by atoms with van der Waals surface area (Å²) < 4.78 is 7.02. The van der Waals surface area contributed by atoms with Crippen molar-refractivity contribution < 1.29 is 19.4 Å². The van der Waals surface area contributed by atoms with E-state index in [2.05, 4.69) is 16.9 Å². The van der Waals surface area contributed by atoms with E-state index >= 15 is 0 Å². The van der Waals surface area contributed by atoms with Gasteiger partial charge in [0.1, 0.15) is 11.3 Å². The molecule has 0 saturated carbocycles. The monoisotopic (exact) mass is 404 g/mol. The number of benzene rings is 2. The molecule has 30 heavy (non-hydrogen) atoms. The summed E-state index contributed by atoms with van der Waals surface area (Å²) >= 11 is 0. The lowest BCUT2D eigenvalue weighted by molar-refractivity contribution is -0.137. The number of primary amides is 1. The fourth-order valence-electron chi connectivity index (χ4n) is 3.53. The van der Waals surface area contributed by atoms with Crippen molar-refractivity contribution in [3.8, 4) is 23.3 Å². The standard InChI is InChI=1S/C22H20N4O4/c1-25-12-11-22(29,21(25)28)10-9-14-5-3-6-15(13-14)26-19-16(18(24-26)20(23)27)7-4-8-17(19)30-2/h3-8,13,29H,11-12H2,1-2H3,(H2,23,27)/t22-/m0/s1. The van der Waals surface area contributed by atoms with E-state index in [-0.39, 0.29) is 12.1 Å². The summed E-state index contributed by atoms with van der Waals surface area (Å²) in [6.45, 7) is 0.457. The lowest BCUT2D eigenvalue weighted by Crippen LogP contribution is -2.37. The first-order valence-electron chi connectivity index (χ1n) is 9.31. The van der Waals surface area contributed by atoms with Crippen LogP contribution in [-0.2, 0) is 4.79 Å². The van der Waals surface area contributed by atoms with Gasteiger partial charge in [0.15, 0.2) is 5.69 Å². The summed E-state index contributed by atoms with van der Waals surface area (Å²) in [6, 6.07) is 12.4. The Morgan fingerprint density at radius 3 is 2.73 bits per heavy atom. The maximum atomic E-state index is 12.1. The number of nitrogens with two attached hydrogens (primary N) is 1. The van der Waals surface area contributed by atoms with E-state index in [1.807, 2.05) is 0 Å². The molecule has 8 nitrogen and oxygen atoms in total. The lowest BCUT2D eigenvalue weighted by atomic mass is 10.0. The Bertz CT molecular complexity index is 1240. The molecular weight excluding hydrogens is 384 g/mol.